The van der Waals surface area contributed by atoms with E-state index in [4.69, 9.17) is 9.15 Å². The molecule has 0 bridgehead atoms. The Kier molecular flexibility index (Phi) is 8.58. The molecule has 1 aromatic carbocycles. The summed E-state index contributed by atoms with van der Waals surface area (Å²) >= 11 is 0. The molecular formula is C27H35N3O5. The Hall–Kier alpha value is -3.13. The van der Waals surface area contributed by atoms with Crippen molar-refractivity contribution in [3.8, 4) is 0 Å². The highest BCUT2D eigenvalue weighted by Gasteiger charge is 2.35. The van der Waals surface area contributed by atoms with Crippen LogP contribution in [0.5, 0.6) is 0 Å². The summed E-state index contributed by atoms with van der Waals surface area (Å²) in [5.41, 5.74) is 1.91. The first kappa shape index (κ1) is 25.0. The standard InChI is InChI=1S/C27H35N3O5/c1-2-19-11-13-20(14-12-19)25(27(33)29-21-7-3-4-8-21)30(18-22-9-5-15-34-22)24(31)17-28-26(32)23-10-6-16-35-23/h6,10-14,16,21-22,25H,2-5,7-9,15,17-18H2,1H3,(H,28,32)(H,29,33)/t22-,25+/m1/s1. The van der Waals surface area contributed by atoms with E-state index in [0.29, 0.717) is 6.61 Å². The first-order valence-corrected chi connectivity index (χ1v) is 12.7. The fourth-order valence-electron chi connectivity index (χ4n) is 4.87. The second-order valence-electron chi connectivity index (χ2n) is 9.33. The quantitative estimate of drug-likeness (QED) is 0.542. The van der Waals surface area contributed by atoms with E-state index in [1.54, 1.807) is 11.0 Å². The third-order valence-corrected chi connectivity index (χ3v) is 6.86. The summed E-state index contributed by atoms with van der Waals surface area (Å²) in [7, 11) is 0. The minimum absolute atomic E-state index is 0.123. The zero-order valence-electron chi connectivity index (χ0n) is 20.3. The Balaban J connectivity index is 1.58. The van der Waals surface area contributed by atoms with Crippen molar-refractivity contribution in [2.75, 3.05) is 19.7 Å². The van der Waals surface area contributed by atoms with Crippen molar-refractivity contribution in [2.45, 2.75) is 70.1 Å². The van der Waals surface area contributed by atoms with E-state index in [1.807, 2.05) is 24.3 Å². The van der Waals surface area contributed by atoms with Gasteiger partial charge in [0.05, 0.1) is 18.9 Å². The summed E-state index contributed by atoms with van der Waals surface area (Å²) in [6.45, 7) is 2.76. The van der Waals surface area contributed by atoms with Gasteiger partial charge < -0.3 is 24.7 Å². The third-order valence-electron chi connectivity index (χ3n) is 6.86. The van der Waals surface area contributed by atoms with E-state index in [2.05, 4.69) is 17.6 Å². The lowest BCUT2D eigenvalue weighted by Crippen LogP contribution is -2.50. The molecule has 35 heavy (non-hydrogen) atoms. The summed E-state index contributed by atoms with van der Waals surface area (Å²) < 4.78 is 11.0. The van der Waals surface area contributed by atoms with Gasteiger partial charge >= 0.3 is 0 Å². The number of hydrogen-bond acceptors (Lipinski definition) is 5. The molecule has 2 aromatic rings. The monoisotopic (exact) mass is 481 g/mol. The van der Waals surface area contributed by atoms with Crippen LogP contribution < -0.4 is 10.6 Å². The molecule has 0 spiro atoms. The van der Waals surface area contributed by atoms with Gasteiger partial charge in [0, 0.05) is 19.2 Å². The summed E-state index contributed by atoms with van der Waals surface area (Å²) in [4.78, 5) is 41.1. The highest BCUT2D eigenvalue weighted by Crippen LogP contribution is 2.27. The number of furan rings is 1. The molecule has 2 aliphatic rings. The molecule has 2 fully saturated rings. The molecule has 1 saturated carbocycles. The SMILES string of the molecule is CCc1ccc([C@@H](C(=O)NC2CCCC2)N(C[C@H]2CCCO2)C(=O)CNC(=O)c2ccco2)cc1. The Morgan fingerprint density at radius 3 is 2.46 bits per heavy atom. The minimum Gasteiger partial charge on any atom is -0.459 e. The summed E-state index contributed by atoms with van der Waals surface area (Å²) in [6.07, 6.45) is 7.99. The number of nitrogens with one attached hydrogen (secondary N) is 2. The van der Waals surface area contributed by atoms with E-state index in [1.165, 1.54) is 12.3 Å². The van der Waals surface area contributed by atoms with Crippen LogP contribution in [0, 0.1) is 0 Å². The average molecular weight is 482 g/mol. The Labute approximate surface area is 206 Å². The van der Waals surface area contributed by atoms with Gasteiger partial charge in [-0.15, -0.1) is 0 Å². The Morgan fingerprint density at radius 2 is 1.83 bits per heavy atom. The number of nitrogens with zero attached hydrogens (tertiary/aromatic N) is 1. The molecule has 2 N–H and O–H groups in total. The molecule has 4 rings (SSSR count). The van der Waals surface area contributed by atoms with Crippen LogP contribution >= 0.6 is 0 Å². The van der Waals surface area contributed by atoms with E-state index >= 15 is 0 Å². The van der Waals surface area contributed by atoms with Gasteiger partial charge in [-0.2, -0.15) is 0 Å². The van der Waals surface area contributed by atoms with Gasteiger partial charge in [0.15, 0.2) is 5.76 Å². The number of ether oxygens (including phenoxy) is 1. The van der Waals surface area contributed by atoms with Crippen LogP contribution in [0.15, 0.2) is 47.1 Å². The van der Waals surface area contributed by atoms with Crippen LogP contribution in [-0.4, -0.2) is 54.5 Å². The van der Waals surface area contributed by atoms with Gasteiger partial charge in [0.25, 0.3) is 5.91 Å². The summed E-state index contributed by atoms with van der Waals surface area (Å²) in [5, 5.41) is 5.81. The molecule has 0 radical (unpaired) electrons. The summed E-state index contributed by atoms with van der Waals surface area (Å²) in [6, 6.07) is 10.3. The van der Waals surface area contributed by atoms with Crippen LogP contribution in [0.2, 0.25) is 0 Å². The lowest BCUT2D eigenvalue weighted by molar-refractivity contribution is -0.142. The van der Waals surface area contributed by atoms with E-state index in [9.17, 15) is 14.4 Å². The van der Waals surface area contributed by atoms with Crippen molar-refractivity contribution >= 4 is 17.7 Å². The first-order valence-electron chi connectivity index (χ1n) is 12.7. The van der Waals surface area contributed by atoms with Gasteiger partial charge in [-0.25, -0.2) is 0 Å². The molecule has 8 nitrogen and oxygen atoms in total. The predicted molar refractivity (Wildman–Crippen MR) is 131 cm³/mol. The number of hydrogen-bond donors (Lipinski definition) is 2. The first-order chi connectivity index (χ1) is 17.0. The maximum Gasteiger partial charge on any atom is 0.287 e. The average Bonchev–Trinajstić information content (AvgIpc) is 3.66. The van der Waals surface area contributed by atoms with Crippen molar-refractivity contribution in [1.82, 2.24) is 15.5 Å². The minimum atomic E-state index is -0.807. The Bertz CT molecular complexity index is 977. The normalized spacial score (nSPS) is 18.8. The number of amides is 3. The lowest BCUT2D eigenvalue weighted by Gasteiger charge is -2.34. The van der Waals surface area contributed by atoms with Gasteiger partial charge in [0.2, 0.25) is 11.8 Å². The topological polar surface area (TPSA) is 101 Å². The van der Waals surface area contributed by atoms with Crippen LogP contribution in [0.25, 0.3) is 0 Å². The smallest absolute Gasteiger partial charge is 0.287 e. The third kappa shape index (κ3) is 6.51. The number of carbonyl (C=O) groups is 3. The van der Waals surface area contributed by atoms with Crippen LogP contribution in [-0.2, 0) is 20.7 Å². The van der Waals surface area contributed by atoms with E-state index in [-0.39, 0.29) is 42.8 Å². The molecule has 1 aromatic heterocycles. The fraction of sp³-hybridized carbons (Fsp3) is 0.519. The number of aryl methyl sites for hydroxylation is 1. The second-order valence-corrected chi connectivity index (χ2v) is 9.33. The molecule has 188 valence electrons. The molecule has 1 saturated heterocycles. The zero-order chi connectivity index (χ0) is 24.6. The van der Waals surface area contributed by atoms with Crippen molar-refractivity contribution in [1.29, 1.82) is 0 Å². The van der Waals surface area contributed by atoms with Gasteiger partial charge in [-0.05, 0) is 55.4 Å². The van der Waals surface area contributed by atoms with Crippen LogP contribution in [0.4, 0.5) is 0 Å². The number of benzene rings is 1. The van der Waals surface area contributed by atoms with Crippen molar-refractivity contribution in [3.63, 3.8) is 0 Å². The van der Waals surface area contributed by atoms with Crippen molar-refractivity contribution < 1.29 is 23.5 Å². The van der Waals surface area contributed by atoms with Crippen LogP contribution in [0.3, 0.4) is 0 Å². The number of carbonyl (C=O) groups excluding carboxylic acids is 3. The Morgan fingerprint density at radius 1 is 1.06 bits per heavy atom. The molecule has 1 aliphatic carbocycles. The summed E-state index contributed by atoms with van der Waals surface area (Å²) in [5.74, 6) is -0.870. The largest absolute Gasteiger partial charge is 0.459 e. The molecule has 1 aliphatic heterocycles. The molecular weight excluding hydrogens is 446 g/mol. The maximum absolute atomic E-state index is 13.7. The predicted octanol–water partition coefficient (Wildman–Crippen LogP) is 3.38. The maximum atomic E-state index is 13.7. The van der Waals surface area contributed by atoms with Gasteiger partial charge in [0.1, 0.15) is 6.04 Å². The molecule has 0 unspecified atom stereocenters. The van der Waals surface area contributed by atoms with Crippen molar-refractivity contribution in [3.05, 3.63) is 59.5 Å². The highest BCUT2D eigenvalue weighted by molar-refractivity contribution is 5.95. The van der Waals surface area contributed by atoms with E-state index < -0.39 is 11.9 Å². The molecule has 8 heteroatoms. The molecule has 2 heterocycles. The highest BCUT2D eigenvalue weighted by atomic mass is 16.5. The fourth-order valence-corrected chi connectivity index (χ4v) is 4.87. The molecule has 2 atom stereocenters. The lowest BCUT2D eigenvalue weighted by atomic mass is 10.00. The van der Waals surface area contributed by atoms with Crippen molar-refractivity contribution in [2.24, 2.45) is 0 Å². The zero-order valence-corrected chi connectivity index (χ0v) is 20.3. The second kappa shape index (κ2) is 12.0. The van der Waals surface area contributed by atoms with Gasteiger partial charge in [-0.1, -0.05) is 44.0 Å². The van der Waals surface area contributed by atoms with E-state index in [0.717, 1.165) is 56.1 Å². The molecule has 3 amide bonds. The van der Waals surface area contributed by atoms with Gasteiger partial charge in [-0.3, -0.25) is 14.4 Å². The van der Waals surface area contributed by atoms with Crippen LogP contribution in [0.1, 0.15) is 73.2 Å². The number of rotatable bonds is 10.